The van der Waals surface area contributed by atoms with Crippen LogP contribution in [0.15, 0.2) is 77.7 Å². The second kappa shape index (κ2) is 9.59. The van der Waals surface area contributed by atoms with Crippen molar-refractivity contribution < 1.29 is 19.4 Å². The molecule has 136 valence electrons. The molecule has 27 heavy (non-hydrogen) atoms. The second-order valence-electron chi connectivity index (χ2n) is 5.34. The summed E-state index contributed by atoms with van der Waals surface area (Å²) in [6.45, 7) is 1.63. The number of hydrogen-bond donors (Lipinski definition) is 2. The molecule has 0 bridgehead atoms. The number of rotatable bonds is 6. The van der Waals surface area contributed by atoms with Gasteiger partial charge in [0.2, 0.25) is 0 Å². The van der Waals surface area contributed by atoms with Crippen LogP contribution in [0.4, 0.5) is 0 Å². The van der Waals surface area contributed by atoms with E-state index >= 15 is 0 Å². The molecule has 1 amide bonds. The summed E-state index contributed by atoms with van der Waals surface area (Å²) in [5.74, 6) is -2.13. The number of nitrogens with zero attached hydrogens (tertiary/aromatic N) is 1. The minimum Gasteiger partial charge on any atom is -0.504 e. The van der Waals surface area contributed by atoms with E-state index in [9.17, 15) is 20.0 Å². The van der Waals surface area contributed by atoms with Crippen molar-refractivity contribution in [1.29, 1.82) is 5.26 Å². The van der Waals surface area contributed by atoms with E-state index in [2.05, 4.69) is 5.32 Å². The molecule has 0 aliphatic heterocycles. The van der Waals surface area contributed by atoms with Crippen LogP contribution in [0.5, 0.6) is 0 Å². The fraction of sp³-hybridized carbons (Fsp3) is 0.0952. The van der Waals surface area contributed by atoms with Gasteiger partial charge in [-0.25, -0.2) is 4.79 Å². The lowest BCUT2D eigenvalue weighted by Gasteiger charge is -2.11. The van der Waals surface area contributed by atoms with E-state index < -0.39 is 23.2 Å². The first-order valence-corrected chi connectivity index (χ1v) is 8.20. The van der Waals surface area contributed by atoms with E-state index in [0.29, 0.717) is 11.1 Å². The van der Waals surface area contributed by atoms with Crippen LogP contribution in [0.1, 0.15) is 22.8 Å². The Balaban J connectivity index is 2.47. The molecular weight excluding hydrogens is 344 g/mol. The Kier molecular flexibility index (Phi) is 6.91. The zero-order chi connectivity index (χ0) is 19.6. The van der Waals surface area contributed by atoms with Crippen molar-refractivity contribution >= 4 is 18.0 Å². The molecule has 6 heteroatoms. The van der Waals surface area contributed by atoms with Gasteiger partial charge in [-0.1, -0.05) is 48.5 Å². The third-order valence-electron chi connectivity index (χ3n) is 3.48. The molecule has 0 aliphatic carbocycles. The average Bonchev–Trinajstić information content (AvgIpc) is 2.69. The first kappa shape index (κ1) is 19.5. The highest BCUT2D eigenvalue weighted by Gasteiger charge is 2.21. The Morgan fingerprint density at radius 2 is 1.70 bits per heavy atom. The zero-order valence-electron chi connectivity index (χ0n) is 14.7. The van der Waals surface area contributed by atoms with Crippen molar-refractivity contribution in [3.05, 3.63) is 88.8 Å². The van der Waals surface area contributed by atoms with Crippen molar-refractivity contribution in [2.75, 3.05) is 6.61 Å². The second-order valence-corrected chi connectivity index (χ2v) is 5.34. The summed E-state index contributed by atoms with van der Waals surface area (Å²) in [4.78, 5) is 24.4. The molecule has 0 aromatic heterocycles. The van der Waals surface area contributed by atoms with E-state index in [1.54, 1.807) is 67.6 Å². The Labute approximate surface area is 157 Å². The smallest absolute Gasteiger partial charge is 0.352 e. The number of amides is 1. The maximum atomic E-state index is 12.5. The number of benzene rings is 2. The van der Waals surface area contributed by atoms with Gasteiger partial charge >= 0.3 is 5.97 Å². The van der Waals surface area contributed by atoms with Crippen LogP contribution in [0.25, 0.3) is 6.08 Å². The average molecular weight is 362 g/mol. The van der Waals surface area contributed by atoms with Gasteiger partial charge in [0.15, 0.2) is 11.3 Å². The predicted molar refractivity (Wildman–Crippen MR) is 100 cm³/mol. The molecule has 0 unspecified atom stereocenters. The molecule has 0 aliphatic rings. The minimum absolute atomic E-state index is 0.0470. The lowest BCUT2D eigenvalue weighted by molar-refractivity contribution is -0.138. The van der Waals surface area contributed by atoms with Gasteiger partial charge in [0.1, 0.15) is 6.07 Å². The number of aliphatic hydroxyl groups is 1. The van der Waals surface area contributed by atoms with Crippen LogP contribution >= 0.6 is 0 Å². The summed E-state index contributed by atoms with van der Waals surface area (Å²) in [6.07, 6.45) is 1.47. The largest absolute Gasteiger partial charge is 0.504 e. The van der Waals surface area contributed by atoms with Crippen molar-refractivity contribution in [2.45, 2.75) is 6.92 Å². The first-order valence-electron chi connectivity index (χ1n) is 8.20. The van der Waals surface area contributed by atoms with E-state index in [-0.39, 0.29) is 12.3 Å². The third kappa shape index (κ3) is 5.31. The topological polar surface area (TPSA) is 99.4 Å². The van der Waals surface area contributed by atoms with Crippen LogP contribution < -0.4 is 5.32 Å². The van der Waals surface area contributed by atoms with Crippen LogP contribution in [0.2, 0.25) is 0 Å². The van der Waals surface area contributed by atoms with Gasteiger partial charge in [-0.2, -0.15) is 5.26 Å². The summed E-state index contributed by atoms with van der Waals surface area (Å²) < 4.78 is 4.79. The Morgan fingerprint density at radius 3 is 2.26 bits per heavy atom. The summed E-state index contributed by atoms with van der Waals surface area (Å²) in [7, 11) is 0. The van der Waals surface area contributed by atoms with Crippen LogP contribution in [-0.4, -0.2) is 23.6 Å². The van der Waals surface area contributed by atoms with Crippen LogP contribution in [-0.2, 0) is 9.53 Å². The lowest BCUT2D eigenvalue weighted by atomic mass is 10.1. The molecule has 2 N–H and O–H groups in total. The Morgan fingerprint density at radius 1 is 1.11 bits per heavy atom. The standard InChI is InChI=1S/C21H18N2O4/c1-2-27-21(26)17(14-22)19(24)18(13-15-9-5-3-6-10-15)23-20(25)16-11-7-4-8-12-16/h3-13,24H,2H2,1H3,(H,23,25)/b18-13+,19-17+. The zero-order valence-corrected chi connectivity index (χ0v) is 14.7. The maximum absolute atomic E-state index is 12.5. The summed E-state index contributed by atoms with van der Waals surface area (Å²) in [6, 6.07) is 18.9. The van der Waals surface area contributed by atoms with E-state index in [0.717, 1.165) is 0 Å². The fourth-order valence-corrected chi connectivity index (χ4v) is 2.20. The predicted octanol–water partition coefficient (Wildman–Crippen LogP) is 3.36. The molecule has 2 aromatic carbocycles. The highest BCUT2D eigenvalue weighted by atomic mass is 16.5. The van der Waals surface area contributed by atoms with E-state index in [4.69, 9.17) is 4.74 Å². The van der Waals surface area contributed by atoms with Gasteiger partial charge in [-0.3, -0.25) is 4.79 Å². The lowest BCUT2D eigenvalue weighted by Crippen LogP contribution is -2.25. The van der Waals surface area contributed by atoms with Gasteiger partial charge in [-0.05, 0) is 30.7 Å². The fourth-order valence-electron chi connectivity index (χ4n) is 2.20. The number of ether oxygens (including phenoxy) is 1. The van der Waals surface area contributed by atoms with Crippen molar-refractivity contribution in [3.8, 4) is 6.07 Å². The highest BCUT2D eigenvalue weighted by molar-refractivity contribution is 5.98. The molecule has 2 rings (SSSR count). The molecule has 0 spiro atoms. The molecule has 0 heterocycles. The molecule has 0 saturated heterocycles. The van der Waals surface area contributed by atoms with Gasteiger partial charge in [0, 0.05) is 5.56 Å². The van der Waals surface area contributed by atoms with Crippen LogP contribution in [0.3, 0.4) is 0 Å². The highest BCUT2D eigenvalue weighted by Crippen LogP contribution is 2.16. The third-order valence-corrected chi connectivity index (χ3v) is 3.48. The summed E-state index contributed by atoms with van der Waals surface area (Å²) in [5, 5.41) is 22.3. The first-order chi connectivity index (χ1) is 13.1. The number of aliphatic hydroxyl groups excluding tert-OH is 1. The summed E-state index contributed by atoms with van der Waals surface area (Å²) in [5.41, 5.74) is 0.347. The van der Waals surface area contributed by atoms with Gasteiger partial charge in [0.05, 0.1) is 12.3 Å². The van der Waals surface area contributed by atoms with E-state index in [1.165, 1.54) is 6.08 Å². The van der Waals surface area contributed by atoms with Crippen molar-refractivity contribution in [3.63, 3.8) is 0 Å². The number of esters is 1. The number of carbonyl (C=O) groups is 2. The van der Waals surface area contributed by atoms with Gasteiger partial charge in [0.25, 0.3) is 5.91 Å². The molecular formula is C21H18N2O4. The normalized spacial score (nSPS) is 11.8. The molecule has 0 atom stereocenters. The van der Waals surface area contributed by atoms with Crippen LogP contribution in [0, 0.1) is 11.3 Å². The number of carbonyl (C=O) groups excluding carboxylic acids is 2. The Hall–Kier alpha value is -3.85. The van der Waals surface area contributed by atoms with Gasteiger partial charge < -0.3 is 15.2 Å². The molecule has 6 nitrogen and oxygen atoms in total. The molecule has 2 aromatic rings. The van der Waals surface area contributed by atoms with Crippen molar-refractivity contribution in [1.82, 2.24) is 5.32 Å². The van der Waals surface area contributed by atoms with Gasteiger partial charge in [-0.15, -0.1) is 0 Å². The quantitative estimate of drug-likeness (QED) is 0.270. The maximum Gasteiger partial charge on any atom is 0.352 e. The molecule has 0 saturated carbocycles. The molecule has 0 radical (unpaired) electrons. The van der Waals surface area contributed by atoms with Crippen molar-refractivity contribution in [2.24, 2.45) is 0 Å². The van der Waals surface area contributed by atoms with E-state index in [1.807, 2.05) is 6.07 Å². The molecule has 0 fully saturated rings. The Bertz CT molecular complexity index is 910. The number of hydrogen-bond acceptors (Lipinski definition) is 5. The minimum atomic E-state index is -0.967. The summed E-state index contributed by atoms with van der Waals surface area (Å²) >= 11 is 0. The number of nitrogens with one attached hydrogen (secondary N) is 1. The number of nitriles is 1. The SMILES string of the molecule is CCOC(=O)/C(C#N)=C(O)\C(=C/c1ccccc1)NC(=O)c1ccccc1. The monoisotopic (exact) mass is 362 g/mol.